The summed E-state index contributed by atoms with van der Waals surface area (Å²) in [5.74, 6) is 0. The van der Waals surface area contributed by atoms with E-state index in [1.807, 2.05) is 0 Å². The van der Waals surface area contributed by atoms with Crippen molar-refractivity contribution in [2.45, 2.75) is 0 Å². The largest absolute Gasteiger partial charge is 0.309 e. The number of benzene rings is 11. The van der Waals surface area contributed by atoms with Gasteiger partial charge in [-0.3, -0.25) is 0 Å². The molecule has 0 saturated heterocycles. The zero-order valence-electron chi connectivity index (χ0n) is 37.7. The second-order valence-corrected chi connectivity index (χ2v) is 18.1. The summed E-state index contributed by atoms with van der Waals surface area (Å²) in [5.41, 5.74) is 20.2. The lowest BCUT2D eigenvalue weighted by Crippen LogP contribution is -1.98. The van der Waals surface area contributed by atoms with E-state index in [1.54, 1.807) is 0 Å². The van der Waals surface area contributed by atoms with Crippen LogP contribution >= 0.6 is 0 Å². The number of hydrogen-bond donors (Lipinski definition) is 0. The van der Waals surface area contributed by atoms with Crippen LogP contribution in [0.25, 0.3) is 127 Å². The first kappa shape index (κ1) is 39.0. The highest BCUT2D eigenvalue weighted by molar-refractivity contribution is 6.17. The minimum Gasteiger partial charge on any atom is -0.309 e. The topological polar surface area (TPSA) is 14.8 Å². The predicted octanol–water partition coefficient (Wildman–Crippen LogP) is 17.6. The Labute approximate surface area is 399 Å². The second kappa shape index (κ2) is 15.7. The Morgan fingerprint density at radius 1 is 0.203 bits per heavy atom. The molecule has 0 unspecified atom stereocenters. The molecule has 0 spiro atoms. The molecule has 0 N–H and O–H groups in total. The monoisotopic (exact) mass is 877 g/mol. The molecule has 0 aliphatic carbocycles. The molecule has 14 aromatic rings. The van der Waals surface area contributed by atoms with Crippen molar-refractivity contribution in [2.75, 3.05) is 0 Å². The Bertz CT molecular complexity index is 4290. The van der Waals surface area contributed by atoms with E-state index in [0.717, 1.165) is 11.4 Å². The normalized spacial score (nSPS) is 11.8. The minimum absolute atomic E-state index is 1.14. The van der Waals surface area contributed by atoms with Gasteiger partial charge in [0, 0.05) is 49.3 Å². The molecule has 0 aliphatic rings. The van der Waals surface area contributed by atoms with Gasteiger partial charge < -0.3 is 13.7 Å². The zero-order valence-corrected chi connectivity index (χ0v) is 37.7. The van der Waals surface area contributed by atoms with Gasteiger partial charge >= 0.3 is 0 Å². The number of para-hydroxylation sites is 3. The first-order chi connectivity index (χ1) is 34.2. The van der Waals surface area contributed by atoms with Crippen LogP contribution in [0.4, 0.5) is 0 Å². The van der Waals surface area contributed by atoms with E-state index in [9.17, 15) is 0 Å². The highest BCUT2D eigenvalue weighted by Crippen LogP contribution is 2.43. The highest BCUT2D eigenvalue weighted by atomic mass is 15.0. The van der Waals surface area contributed by atoms with E-state index in [1.165, 1.54) is 116 Å². The van der Waals surface area contributed by atoms with Crippen LogP contribution < -0.4 is 0 Å². The lowest BCUT2D eigenvalue weighted by Gasteiger charge is -2.14. The first-order valence-electron chi connectivity index (χ1n) is 23.8. The van der Waals surface area contributed by atoms with E-state index >= 15 is 0 Å². The van der Waals surface area contributed by atoms with Crippen LogP contribution in [0.5, 0.6) is 0 Å². The van der Waals surface area contributed by atoms with Crippen LogP contribution in [0.3, 0.4) is 0 Å². The van der Waals surface area contributed by atoms with Gasteiger partial charge in [0.25, 0.3) is 0 Å². The summed E-state index contributed by atoms with van der Waals surface area (Å²) in [4.78, 5) is 0. The fourth-order valence-electron chi connectivity index (χ4n) is 11.2. The number of rotatable bonds is 7. The molecule has 3 heterocycles. The molecule has 0 bridgehead atoms. The van der Waals surface area contributed by atoms with Crippen molar-refractivity contribution in [2.24, 2.45) is 0 Å². The molecule has 3 nitrogen and oxygen atoms in total. The Morgan fingerprint density at radius 2 is 0.638 bits per heavy atom. The number of hydrogen-bond acceptors (Lipinski definition) is 0. The average molecular weight is 878 g/mol. The Balaban J connectivity index is 0.939. The van der Waals surface area contributed by atoms with Crippen LogP contribution in [0.2, 0.25) is 0 Å². The van der Waals surface area contributed by atoms with Crippen LogP contribution in [-0.4, -0.2) is 13.7 Å². The van der Waals surface area contributed by atoms with Crippen molar-refractivity contribution in [3.05, 3.63) is 261 Å². The van der Waals surface area contributed by atoms with Crippen molar-refractivity contribution in [1.29, 1.82) is 0 Å². The molecular formula is C66H43N3. The Hall–Kier alpha value is -9.18. The Kier molecular flexibility index (Phi) is 8.90. The third-order valence-electron chi connectivity index (χ3n) is 14.2. The molecule has 0 amide bonds. The molecule has 69 heavy (non-hydrogen) atoms. The molecule has 3 aromatic heterocycles. The summed E-state index contributed by atoms with van der Waals surface area (Å²) in [6.45, 7) is 0. The quantitative estimate of drug-likeness (QED) is 0.152. The molecule has 14 rings (SSSR count). The molecule has 0 radical (unpaired) electrons. The summed E-state index contributed by atoms with van der Waals surface area (Å²) in [5, 5.41) is 7.40. The third kappa shape index (κ3) is 6.21. The highest BCUT2D eigenvalue weighted by Gasteiger charge is 2.21. The van der Waals surface area contributed by atoms with Crippen molar-refractivity contribution >= 4 is 65.4 Å². The van der Waals surface area contributed by atoms with Crippen molar-refractivity contribution in [1.82, 2.24) is 13.7 Å². The fourth-order valence-corrected chi connectivity index (χ4v) is 11.2. The van der Waals surface area contributed by atoms with E-state index in [2.05, 4.69) is 275 Å². The van der Waals surface area contributed by atoms with Crippen LogP contribution in [0.1, 0.15) is 0 Å². The van der Waals surface area contributed by atoms with Gasteiger partial charge in [0.1, 0.15) is 0 Å². The van der Waals surface area contributed by atoms with Crippen LogP contribution in [0, 0.1) is 0 Å². The maximum absolute atomic E-state index is 2.45. The van der Waals surface area contributed by atoms with Gasteiger partial charge in [0.05, 0.1) is 38.8 Å². The van der Waals surface area contributed by atoms with Gasteiger partial charge in [-0.1, -0.05) is 182 Å². The molecule has 11 aromatic carbocycles. The third-order valence-corrected chi connectivity index (χ3v) is 14.2. The van der Waals surface area contributed by atoms with Gasteiger partial charge in [0.15, 0.2) is 0 Å². The van der Waals surface area contributed by atoms with E-state index in [0.29, 0.717) is 0 Å². The van der Waals surface area contributed by atoms with Gasteiger partial charge in [-0.05, 0) is 118 Å². The lowest BCUT2D eigenvalue weighted by atomic mass is 9.97. The lowest BCUT2D eigenvalue weighted by molar-refractivity contribution is 1.17. The van der Waals surface area contributed by atoms with E-state index in [-0.39, 0.29) is 0 Å². The first-order valence-corrected chi connectivity index (χ1v) is 23.8. The maximum atomic E-state index is 2.45. The number of fused-ring (bicyclic) bond motifs is 9. The molecule has 322 valence electrons. The minimum atomic E-state index is 1.14. The average Bonchev–Trinajstić information content (AvgIpc) is 4.06. The number of nitrogens with zero attached hydrogens (tertiary/aromatic N) is 3. The van der Waals surface area contributed by atoms with Crippen molar-refractivity contribution < 1.29 is 0 Å². The molecule has 3 heteroatoms. The van der Waals surface area contributed by atoms with Gasteiger partial charge in [-0.25, -0.2) is 0 Å². The summed E-state index contributed by atoms with van der Waals surface area (Å²) in [7, 11) is 0. The van der Waals surface area contributed by atoms with Crippen molar-refractivity contribution in [3.63, 3.8) is 0 Å². The molecule has 0 atom stereocenters. The van der Waals surface area contributed by atoms with Crippen LogP contribution in [0.15, 0.2) is 261 Å². The summed E-state index contributed by atoms with van der Waals surface area (Å²) < 4.78 is 7.33. The summed E-state index contributed by atoms with van der Waals surface area (Å²) in [6.07, 6.45) is 0. The molecule has 0 aliphatic heterocycles. The van der Waals surface area contributed by atoms with Gasteiger partial charge in [0.2, 0.25) is 0 Å². The van der Waals surface area contributed by atoms with E-state index < -0.39 is 0 Å². The fraction of sp³-hybridized carbons (Fsp3) is 0. The smallest absolute Gasteiger partial charge is 0.0547 e. The van der Waals surface area contributed by atoms with E-state index in [4.69, 9.17) is 0 Å². The van der Waals surface area contributed by atoms with Crippen molar-refractivity contribution in [3.8, 4) is 61.6 Å². The standard InChI is InChI=1S/C66H43N3/c1-4-18-44(19-5-1)47-24-16-25-50(40-47)68-64-38-35-49(42-58(64)66-53(29-17-33-65(66)68)46-22-8-3-9-23-46)48-34-37-62-56(41-48)54-27-11-14-31-60(54)67(62)51-36-39-63-57(43-51)55-28-12-15-32-61(55)69(63)59-30-13-10-26-52(59)45-20-6-2-7-21-45/h1-43H. The molecular weight excluding hydrogens is 835 g/mol. The van der Waals surface area contributed by atoms with Crippen LogP contribution in [-0.2, 0) is 0 Å². The Morgan fingerprint density at radius 3 is 1.36 bits per heavy atom. The molecule has 0 saturated carbocycles. The van der Waals surface area contributed by atoms with Gasteiger partial charge in [-0.15, -0.1) is 0 Å². The predicted molar refractivity (Wildman–Crippen MR) is 291 cm³/mol. The van der Waals surface area contributed by atoms with Gasteiger partial charge in [-0.2, -0.15) is 0 Å². The molecule has 0 fully saturated rings. The zero-order chi connectivity index (χ0) is 45.4. The summed E-state index contributed by atoms with van der Waals surface area (Å²) >= 11 is 0. The summed E-state index contributed by atoms with van der Waals surface area (Å²) in [6, 6.07) is 95.4. The second-order valence-electron chi connectivity index (χ2n) is 18.1. The SMILES string of the molecule is c1ccc(-c2cccc(-n3c4ccc(-c5ccc6c(c5)c5ccccc5n6-c5ccc6c(c5)c5ccccc5n6-c5ccccc5-c5ccccc5)cc4c4c(-c5ccccc5)cccc43)c2)cc1. The number of aromatic nitrogens is 3. The maximum Gasteiger partial charge on any atom is 0.0547 e.